The van der Waals surface area contributed by atoms with Crippen LogP contribution in [0, 0.1) is 0 Å². The normalized spacial score (nSPS) is 10.6. The third-order valence-corrected chi connectivity index (χ3v) is 3.39. The number of rotatable bonds is 5. The van der Waals surface area contributed by atoms with Crippen LogP contribution in [0.1, 0.15) is 28.5 Å². The van der Waals surface area contributed by atoms with Gasteiger partial charge < -0.3 is 0 Å². The molecule has 0 aliphatic heterocycles. The molecule has 0 fully saturated rings. The van der Waals surface area contributed by atoms with Gasteiger partial charge in [0.2, 0.25) is 0 Å². The van der Waals surface area contributed by atoms with Gasteiger partial charge in [-0.1, -0.05) is 53.2 Å². The molecule has 0 saturated carbocycles. The van der Waals surface area contributed by atoms with Crippen LogP contribution in [0.3, 0.4) is 0 Å². The third kappa shape index (κ3) is 2.70. The number of hydrogen-bond acceptors (Lipinski definition) is 2. The Labute approximate surface area is 115 Å². The number of nitrogens with zero attached hydrogens (tertiary/aromatic N) is 2. The average molecular weight is 307 g/mol. The van der Waals surface area contributed by atoms with E-state index in [0.29, 0.717) is 11.9 Å². The molecule has 3 nitrogen and oxygen atoms in total. The number of aromatic nitrogens is 2. The van der Waals surface area contributed by atoms with E-state index in [4.69, 9.17) is 0 Å². The summed E-state index contributed by atoms with van der Waals surface area (Å²) in [5.41, 5.74) is 2.92. The minimum atomic E-state index is 0.0890. The summed E-state index contributed by atoms with van der Waals surface area (Å²) in [4.78, 5) is 11.8. The molecular formula is C14H15BrN2O. The summed E-state index contributed by atoms with van der Waals surface area (Å²) >= 11 is 3.20. The average Bonchev–Trinajstić information content (AvgIpc) is 2.81. The number of benzene rings is 1. The van der Waals surface area contributed by atoms with Crippen LogP contribution in [0.25, 0.3) is 0 Å². The van der Waals surface area contributed by atoms with Gasteiger partial charge >= 0.3 is 0 Å². The van der Waals surface area contributed by atoms with E-state index in [9.17, 15) is 4.79 Å². The lowest BCUT2D eigenvalue weighted by molar-refractivity contribution is 0.102. The molecule has 0 amide bonds. The minimum absolute atomic E-state index is 0.0890. The first-order valence-electron chi connectivity index (χ1n) is 5.94. The van der Waals surface area contributed by atoms with Gasteiger partial charge in [-0.25, -0.2) is 0 Å². The Balaban J connectivity index is 2.29. The number of halogens is 1. The lowest BCUT2D eigenvalue weighted by Gasteiger charge is -2.07. The van der Waals surface area contributed by atoms with Crippen LogP contribution in [0.4, 0.5) is 0 Å². The molecular weight excluding hydrogens is 292 g/mol. The van der Waals surface area contributed by atoms with Crippen LogP contribution in [0.2, 0.25) is 0 Å². The van der Waals surface area contributed by atoms with E-state index in [2.05, 4.69) is 33.2 Å². The molecule has 0 aliphatic carbocycles. The second kappa shape index (κ2) is 5.96. The van der Waals surface area contributed by atoms with E-state index in [0.717, 1.165) is 17.7 Å². The fourth-order valence-electron chi connectivity index (χ4n) is 1.98. The zero-order valence-electron chi connectivity index (χ0n) is 10.3. The predicted octanol–water partition coefficient (Wildman–Crippen LogP) is 3.07. The van der Waals surface area contributed by atoms with Gasteiger partial charge in [-0.2, -0.15) is 5.10 Å². The van der Waals surface area contributed by atoms with Crippen LogP contribution < -0.4 is 0 Å². The Morgan fingerprint density at radius 3 is 2.67 bits per heavy atom. The van der Waals surface area contributed by atoms with Crippen molar-refractivity contribution in [2.45, 2.75) is 19.9 Å². The molecule has 4 heteroatoms. The number of hydrogen-bond donors (Lipinski definition) is 0. The van der Waals surface area contributed by atoms with E-state index in [1.165, 1.54) is 5.56 Å². The van der Waals surface area contributed by atoms with E-state index < -0.39 is 0 Å². The van der Waals surface area contributed by atoms with Crippen molar-refractivity contribution >= 4 is 21.7 Å². The maximum absolute atomic E-state index is 11.8. The molecule has 1 heterocycles. The summed E-state index contributed by atoms with van der Waals surface area (Å²) in [6.07, 6.45) is 2.48. The van der Waals surface area contributed by atoms with Crippen molar-refractivity contribution < 1.29 is 4.79 Å². The van der Waals surface area contributed by atoms with Crippen molar-refractivity contribution in [3.05, 3.63) is 53.3 Å². The first-order chi connectivity index (χ1) is 8.76. The van der Waals surface area contributed by atoms with Gasteiger partial charge in [-0.15, -0.1) is 0 Å². The molecule has 0 N–H and O–H groups in total. The summed E-state index contributed by atoms with van der Waals surface area (Å²) in [5, 5.41) is 4.67. The molecule has 94 valence electrons. The Hall–Kier alpha value is -1.42. The van der Waals surface area contributed by atoms with Crippen molar-refractivity contribution in [3.8, 4) is 0 Å². The van der Waals surface area contributed by atoms with Gasteiger partial charge in [-0.05, 0) is 12.0 Å². The molecule has 0 radical (unpaired) electrons. The Morgan fingerprint density at radius 1 is 1.33 bits per heavy atom. The van der Waals surface area contributed by atoms with Gasteiger partial charge in [0.15, 0.2) is 5.78 Å². The highest BCUT2D eigenvalue weighted by Gasteiger charge is 2.14. The van der Waals surface area contributed by atoms with Crippen LogP contribution in [-0.4, -0.2) is 20.9 Å². The van der Waals surface area contributed by atoms with Crippen molar-refractivity contribution in [1.82, 2.24) is 9.78 Å². The quantitative estimate of drug-likeness (QED) is 0.628. The van der Waals surface area contributed by atoms with E-state index >= 15 is 0 Å². The molecule has 0 aliphatic rings. The molecule has 0 saturated heterocycles. The highest BCUT2D eigenvalue weighted by Crippen LogP contribution is 2.13. The fraction of sp³-hybridized carbons (Fsp3) is 0.286. The molecule has 0 atom stereocenters. The zero-order chi connectivity index (χ0) is 13.0. The Kier molecular flexibility index (Phi) is 4.31. The fourth-order valence-corrected chi connectivity index (χ4v) is 2.28. The first kappa shape index (κ1) is 13.0. The van der Waals surface area contributed by atoms with E-state index in [1.54, 1.807) is 6.20 Å². The van der Waals surface area contributed by atoms with Crippen LogP contribution in [0.15, 0.2) is 36.5 Å². The summed E-state index contributed by atoms with van der Waals surface area (Å²) < 4.78 is 1.91. The molecule has 2 aromatic rings. The molecule has 1 aromatic carbocycles. The monoisotopic (exact) mass is 306 g/mol. The van der Waals surface area contributed by atoms with Crippen molar-refractivity contribution in [2.24, 2.45) is 0 Å². The van der Waals surface area contributed by atoms with Gasteiger partial charge in [0.1, 0.15) is 0 Å². The van der Waals surface area contributed by atoms with E-state index in [-0.39, 0.29) is 5.78 Å². The summed E-state index contributed by atoms with van der Waals surface area (Å²) in [7, 11) is 0. The minimum Gasteiger partial charge on any atom is -0.293 e. The number of carbonyl (C=O) groups excluding carboxylic acids is 1. The zero-order valence-corrected chi connectivity index (χ0v) is 11.9. The van der Waals surface area contributed by atoms with E-state index in [1.807, 2.05) is 29.8 Å². The SMILES string of the molecule is CCc1c(C(=O)CBr)cnn1Cc1ccccc1. The Morgan fingerprint density at radius 2 is 2.06 bits per heavy atom. The van der Waals surface area contributed by atoms with Gasteiger partial charge in [-0.3, -0.25) is 9.48 Å². The van der Waals surface area contributed by atoms with Gasteiger partial charge in [0, 0.05) is 5.69 Å². The van der Waals surface area contributed by atoms with Crippen molar-refractivity contribution in [1.29, 1.82) is 0 Å². The molecule has 1 aromatic heterocycles. The van der Waals surface area contributed by atoms with Crippen LogP contribution >= 0.6 is 15.9 Å². The van der Waals surface area contributed by atoms with Gasteiger partial charge in [0.05, 0.1) is 23.6 Å². The second-order valence-electron chi connectivity index (χ2n) is 4.06. The van der Waals surface area contributed by atoms with Gasteiger partial charge in [0.25, 0.3) is 0 Å². The highest BCUT2D eigenvalue weighted by atomic mass is 79.9. The van der Waals surface area contributed by atoms with Crippen LogP contribution in [-0.2, 0) is 13.0 Å². The first-order valence-corrected chi connectivity index (χ1v) is 7.06. The molecule has 0 unspecified atom stereocenters. The molecule has 0 bridgehead atoms. The summed E-state index contributed by atoms with van der Waals surface area (Å²) in [6.45, 7) is 2.75. The lowest BCUT2D eigenvalue weighted by atomic mass is 10.1. The number of Topliss-reactive ketones (excluding diaryl/α,β-unsaturated/α-hetero) is 1. The smallest absolute Gasteiger partial charge is 0.176 e. The number of alkyl halides is 1. The second-order valence-corrected chi connectivity index (χ2v) is 4.62. The molecule has 18 heavy (non-hydrogen) atoms. The largest absolute Gasteiger partial charge is 0.293 e. The summed E-state index contributed by atoms with van der Waals surface area (Å²) in [6, 6.07) is 10.1. The standard InChI is InChI=1S/C14H15BrN2O/c1-2-13-12(14(18)8-15)9-16-17(13)10-11-6-4-3-5-7-11/h3-7,9H,2,8,10H2,1H3. The maximum Gasteiger partial charge on any atom is 0.176 e. The Bertz CT molecular complexity index is 534. The summed E-state index contributed by atoms with van der Waals surface area (Å²) in [5.74, 6) is 0.0890. The maximum atomic E-state index is 11.8. The van der Waals surface area contributed by atoms with Crippen LogP contribution in [0.5, 0.6) is 0 Å². The number of ketones is 1. The van der Waals surface area contributed by atoms with Crippen molar-refractivity contribution in [3.63, 3.8) is 0 Å². The molecule has 2 rings (SSSR count). The highest BCUT2D eigenvalue weighted by molar-refractivity contribution is 9.09. The third-order valence-electron chi connectivity index (χ3n) is 2.88. The molecule has 0 spiro atoms. The van der Waals surface area contributed by atoms with Crippen molar-refractivity contribution in [2.75, 3.05) is 5.33 Å². The topological polar surface area (TPSA) is 34.9 Å². The number of carbonyl (C=O) groups is 1. The lowest BCUT2D eigenvalue weighted by Crippen LogP contribution is -2.09. The predicted molar refractivity (Wildman–Crippen MR) is 75.3 cm³/mol.